The summed E-state index contributed by atoms with van der Waals surface area (Å²) in [5, 5.41) is 13.3. The monoisotopic (exact) mass is 342 g/mol. The van der Waals surface area contributed by atoms with Crippen LogP contribution < -0.4 is 11.1 Å². The number of rotatable bonds is 5. The normalized spacial score (nSPS) is 23.9. The van der Waals surface area contributed by atoms with Crippen LogP contribution >= 0.6 is 0 Å². The number of aliphatic imine (C=N–C) groups is 1. The molecule has 24 heavy (non-hydrogen) atoms. The summed E-state index contributed by atoms with van der Waals surface area (Å²) in [6.07, 6.45) is 2.55. The van der Waals surface area contributed by atoms with E-state index in [1.807, 2.05) is 13.8 Å². The number of nitrogens with zero attached hydrogens (tertiary/aromatic N) is 2. The Morgan fingerprint density at radius 1 is 1.50 bits per heavy atom. The molecule has 0 aromatic heterocycles. The van der Waals surface area contributed by atoms with Crippen molar-refractivity contribution in [1.82, 2.24) is 10.4 Å². The molecule has 136 valence electrons. The van der Waals surface area contributed by atoms with Crippen molar-refractivity contribution in [3.8, 4) is 0 Å². The molecule has 1 amide bonds. The molecule has 2 atom stereocenters. The van der Waals surface area contributed by atoms with Crippen LogP contribution in [0.5, 0.6) is 0 Å². The van der Waals surface area contributed by atoms with E-state index in [1.54, 1.807) is 0 Å². The maximum Gasteiger partial charge on any atom is 0.407 e. The predicted octanol–water partition coefficient (Wildman–Crippen LogP) is 0.695. The number of hydrogen-bond donors (Lipinski definition) is 3. The summed E-state index contributed by atoms with van der Waals surface area (Å²) in [5.74, 6) is -0.859. The van der Waals surface area contributed by atoms with Crippen LogP contribution in [0.25, 0.3) is 0 Å². The average molecular weight is 342 g/mol. The second kappa shape index (κ2) is 7.25. The number of hydroxylamine groups is 2. The lowest BCUT2D eigenvalue weighted by atomic mass is 9.77. The van der Waals surface area contributed by atoms with Crippen molar-refractivity contribution >= 4 is 18.0 Å². The Morgan fingerprint density at radius 2 is 2.17 bits per heavy atom. The Hall–Kier alpha value is -2.03. The number of carboxylic acids is 1. The summed E-state index contributed by atoms with van der Waals surface area (Å²) < 4.78 is 4.59. The molecule has 1 saturated carbocycles. The molecule has 0 aromatic rings. The first kappa shape index (κ1) is 18.3. The number of alkyl carbamates (subject to hydrolysis) is 1. The van der Waals surface area contributed by atoms with Crippen molar-refractivity contribution in [1.29, 1.82) is 0 Å². The van der Waals surface area contributed by atoms with E-state index in [4.69, 9.17) is 10.6 Å². The number of hydrogen-bond acceptors (Lipinski definition) is 5. The van der Waals surface area contributed by atoms with Crippen molar-refractivity contribution in [3.05, 3.63) is 0 Å². The Labute approximate surface area is 141 Å². The zero-order valence-electron chi connectivity index (χ0n) is 14.3. The smallest absolute Gasteiger partial charge is 0.407 e. The quantitative estimate of drug-likeness (QED) is 0.495. The lowest BCUT2D eigenvalue weighted by Gasteiger charge is -2.36. The number of carbonyl (C=O) groups excluding carboxylic acids is 1. The fraction of sp³-hybridized carbons (Fsp3) is 0.800. The first-order valence-corrected chi connectivity index (χ1v) is 8.13. The predicted molar refractivity (Wildman–Crippen MR) is 86.2 cm³/mol. The van der Waals surface area contributed by atoms with Crippen molar-refractivity contribution in [2.24, 2.45) is 16.6 Å². The zero-order chi connectivity index (χ0) is 17.9. The maximum absolute atomic E-state index is 11.5. The van der Waals surface area contributed by atoms with Gasteiger partial charge in [-0.25, -0.2) is 19.6 Å². The lowest BCUT2D eigenvalue weighted by molar-refractivity contribution is -0.192. The molecule has 2 rings (SSSR count). The molecule has 1 spiro atoms. The van der Waals surface area contributed by atoms with E-state index < -0.39 is 23.7 Å². The van der Waals surface area contributed by atoms with Gasteiger partial charge in [-0.3, -0.25) is 4.84 Å². The summed E-state index contributed by atoms with van der Waals surface area (Å²) in [6, 6.07) is -1.11. The topological polar surface area (TPSA) is 126 Å². The van der Waals surface area contributed by atoms with Gasteiger partial charge in [-0.05, 0) is 25.2 Å². The van der Waals surface area contributed by atoms with E-state index >= 15 is 0 Å². The van der Waals surface area contributed by atoms with Crippen molar-refractivity contribution in [2.75, 3.05) is 13.7 Å². The van der Waals surface area contributed by atoms with Crippen molar-refractivity contribution < 1.29 is 24.3 Å². The summed E-state index contributed by atoms with van der Waals surface area (Å²) in [5.41, 5.74) is 5.55. The second-order valence-electron chi connectivity index (χ2n) is 6.70. The van der Waals surface area contributed by atoms with Crippen molar-refractivity contribution in [2.45, 2.75) is 57.2 Å². The number of nitrogens with one attached hydrogen (secondary N) is 1. The summed E-state index contributed by atoms with van der Waals surface area (Å²) in [6.45, 7) is 4.07. The fourth-order valence-electron chi connectivity index (χ4n) is 2.90. The van der Waals surface area contributed by atoms with Crippen LogP contribution in [-0.4, -0.2) is 59.5 Å². The SMILES string of the molecule is COC(=O)NC(CN=C(N)N1OC2(CCC2)CC1C(=O)O)C(C)C. The number of carboxylic acid groups (broad SMARTS) is 1. The maximum atomic E-state index is 11.5. The largest absolute Gasteiger partial charge is 0.480 e. The standard InChI is InChI=1S/C15H26N4O5/c1-9(2)10(18-14(22)23-3)8-17-13(16)19-11(12(20)21)7-15(24-19)5-4-6-15/h9-11H,4-8H2,1-3H3,(H2,16,17)(H,18,22)(H,20,21). The Kier molecular flexibility index (Phi) is 5.53. The van der Waals surface area contributed by atoms with Crippen LogP contribution in [0.2, 0.25) is 0 Å². The van der Waals surface area contributed by atoms with Gasteiger partial charge in [0.15, 0.2) is 6.04 Å². The van der Waals surface area contributed by atoms with E-state index in [0.29, 0.717) is 6.42 Å². The van der Waals surface area contributed by atoms with E-state index in [0.717, 1.165) is 19.3 Å². The molecule has 0 bridgehead atoms. The van der Waals surface area contributed by atoms with Crippen LogP contribution in [0, 0.1) is 5.92 Å². The van der Waals surface area contributed by atoms with Gasteiger partial charge >= 0.3 is 12.1 Å². The molecule has 9 nitrogen and oxygen atoms in total. The number of nitrogens with two attached hydrogens (primary N) is 1. The molecule has 2 unspecified atom stereocenters. The van der Waals surface area contributed by atoms with Gasteiger partial charge in [-0.15, -0.1) is 0 Å². The molecule has 1 heterocycles. The van der Waals surface area contributed by atoms with E-state index in [2.05, 4.69) is 15.0 Å². The van der Waals surface area contributed by atoms with Gasteiger partial charge in [-0.2, -0.15) is 0 Å². The van der Waals surface area contributed by atoms with Crippen LogP contribution in [0.15, 0.2) is 4.99 Å². The number of guanidine groups is 1. The molecular formula is C15H26N4O5. The highest BCUT2D eigenvalue weighted by molar-refractivity contribution is 5.84. The third-order valence-corrected chi connectivity index (χ3v) is 4.66. The first-order chi connectivity index (χ1) is 11.3. The zero-order valence-corrected chi connectivity index (χ0v) is 14.3. The molecule has 9 heteroatoms. The minimum Gasteiger partial charge on any atom is -0.480 e. The Balaban J connectivity index is 2.04. The summed E-state index contributed by atoms with van der Waals surface area (Å²) >= 11 is 0. The number of amides is 1. The number of aliphatic carboxylic acids is 1. The van der Waals surface area contributed by atoms with Crippen LogP contribution in [-0.2, 0) is 14.4 Å². The molecule has 1 saturated heterocycles. The molecule has 2 aliphatic rings. The molecular weight excluding hydrogens is 316 g/mol. The summed E-state index contributed by atoms with van der Waals surface area (Å²) in [4.78, 5) is 32.9. The first-order valence-electron chi connectivity index (χ1n) is 8.13. The van der Waals surface area contributed by atoms with Crippen LogP contribution in [0.1, 0.15) is 39.5 Å². The van der Waals surface area contributed by atoms with Gasteiger partial charge in [0.25, 0.3) is 0 Å². The van der Waals surface area contributed by atoms with Gasteiger partial charge < -0.3 is 20.9 Å². The number of ether oxygens (including phenoxy) is 1. The highest BCUT2D eigenvalue weighted by atomic mass is 16.7. The fourth-order valence-corrected chi connectivity index (χ4v) is 2.90. The Morgan fingerprint density at radius 3 is 2.62 bits per heavy atom. The molecule has 2 fully saturated rings. The molecule has 4 N–H and O–H groups in total. The molecule has 1 aliphatic carbocycles. The van der Waals surface area contributed by atoms with Crippen LogP contribution in [0.3, 0.4) is 0 Å². The highest BCUT2D eigenvalue weighted by Crippen LogP contribution is 2.45. The van der Waals surface area contributed by atoms with Gasteiger partial charge in [-0.1, -0.05) is 13.8 Å². The minimum absolute atomic E-state index is 0.0171. The van der Waals surface area contributed by atoms with E-state index in [1.165, 1.54) is 12.2 Å². The third-order valence-electron chi connectivity index (χ3n) is 4.66. The third kappa shape index (κ3) is 3.89. The van der Waals surface area contributed by atoms with Crippen LogP contribution in [0.4, 0.5) is 4.79 Å². The molecule has 1 aliphatic heterocycles. The van der Waals surface area contributed by atoms with Gasteiger partial charge in [0, 0.05) is 6.42 Å². The highest BCUT2D eigenvalue weighted by Gasteiger charge is 2.53. The van der Waals surface area contributed by atoms with Gasteiger partial charge in [0.05, 0.1) is 25.3 Å². The van der Waals surface area contributed by atoms with Crippen molar-refractivity contribution in [3.63, 3.8) is 0 Å². The molecule has 0 aromatic carbocycles. The molecule has 0 radical (unpaired) electrons. The Bertz CT molecular complexity index is 518. The number of methoxy groups -OCH3 is 1. The van der Waals surface area contributed by atoms with Gasteiger partial charge in [0.2, 0.25) is 5.96 Å². The summed E-state index contributed by atoms with van der Waals surface area (Å²) in [7, 11) is 1.29. The number of carbonyl (C=O) groups is 2. The van der Waals surface area contributed by atoms with Gasteiger partial charge in [0.1, 0.15) is 0 Å². The minimum atomic E-state index is -0.981. The van der Waals surface area contributed by atoms with E-state index in [-0.39, 0.29) is 24.5 Å². The average Bonchev–Trinajstić information content (AvgIpc) is 2.92. The second-order valence-corrected chi connectivity index (χ2v) is 6.70. The lowest BCUT2D eigenvalue weighted by Crippen LogP contribution is -2.46. The van der Waals surface area contributed by atoms with E-state index in [9.17, 15) is 14.7 Å².